The summed E-state index contributed by atoms with van der Waals surface area (Å²) in [5.74, 6) is 0.920. The predicted octanol–water partition coefficient (Wildman–Crippen LogP) is 3.44. The Hall–Kier alpha value is -0.860. The van der Waals surface area contributed by atoms with Crippen molar-refractivity contribution in [3.63, 3.8) is 0 Å². The van der Waals surface area contributed by atoms with Gasteiger partial charge in [0.1, 0.15) is 0 Å². The van der Waals surface area contributed by atoms with Gasteiger partial charge in [0.05, 0.1) is 0 Å². The zero-order valence-electron chi connectivity index (χ0n) is 9.57. The lowest BCUT2D eigenvalue weighted by atomic mass is 10.0. The Bertz CT molecular complexity index is 484. The molecular formula is C14H17NS. The first-order chi connectivity index (χ1) is 7.88. The van der Waals surface area contributed by atoms with Gasteiger partial charge >= 0.3 is 0 Å². The molecule has 3 rings (SSSR count). The monoisotopic (exact) mass is 231 g/mol. The molecule has 1 aromatic heterocycles. The second-order valence-corrected chi connectivity index (χ2v) is 5.61. The molecule has 0 bridgehead atoms. The molecule has 0 radical (unpaired) electrons. The van der Waals surface area contributed by atoms with Crippen molar-refractivity contribution in [1.82, 2.24) is 5.32 Å². The normalized spacial score (nSPS) is 17.8. The summed E-state index contributed by atoms with van der Waals surface area (Å²) in [4.78, 5) is 0. The van der Waals surface area contributed by atoms with Crippen molar-refractivity contribution >= 4 is 21.4 Å². The van der Waals surface area contributed by atoms with E-state index in [2.05, 4.69) is 42.0 Å². The van der Waals surface area contributed by atoms with Gasteiger partial charge in [-0.15, -0.1) is 11.3 Å². The van der Waals surface area contributed by atoms with Gasteiger partial charge in [-0.1, -0.05) is 18.2 Å². The van der Waals surface area contributed by atoms with Gasteiger partial charge in [0.25, 0.3) is 0 Å². The van der Waals surface area contributed by atoms with Gasteiger partial charge < -0.3 is 5.32 Å². The van der Waals surface area contributed by atoms with Crippen LogP contribution in [0.15, 0.2) is 29.6 Å². The summed E-state index contributed by atoms with van der Waals surface area (Å²) < 4.78 is 1.42. The summed E-state index contributed by atoms with van der Waals surface area (Å²) in [5.41, 5.74) is 1.52. The van der Waals surface area contributed by atoms with Crippen molar-refractivity contribution in [3.05, 3.63) is 35.2 Å². The average molecular weight is 231 g/mol. The number of rotatable bonds is 4. The Morgan fingerprint density at radius 2 is 2.19 bits per heavy atom. The standard InChI is InChI=1S/C14H17NS/c1-15-13(10-6-7-10)8-11-9-16-14-5-3-2-4-12(11)14/h2-5,9-10,13,15H,6-8H2,1H3. The minimum absolute atomic E-state index is 0.679. The third-order valence-electron chi connectivity index (χ3n) is 3.56. The third kappa shape index (κ3) is 1.87. The van der Waals surface area contributed by atoms with Crippen LogP contribution in [0.1, 0.15) is 18.4 Å². The first-order valence-electron chi connectivity index (χ1n) is 6.01. The number of fused-ring (bicyclic) bond motifs is 1. The van der Waals surface area contributed by atoms with Gasteiger partial charge in [0, 0.05) is 10.7 Å². The Morgan fingerprint density at radius 1 is 1.38 bits per heavy atom. The minimum atomic E-state index is 0.679. The van der Waals surface area contributed by atoms with E-state index in [4.69, 9.17) is 0 Å². The van der Waals surface area contributed by atoms with Gasteiger partial charge in [0.15, 0.2) is 0 Å². The number of thiophene rings is 1. The summed E-state index contributed by atoms with van der Waals surface area (Å²) in [6.45, 7) is 0. The van der Waals surface area contributed by atoms with Crippen LogP contribution in [0.5, 0.6) is 0 Å². The van der Waals surface area contributed by atoms with E-state index in [1.54, 1.807) is 0 Å². The molecule has 0 aliphatic heterocycles. The van der Waals surface area contributed by atoms with Crippen LogP contribution in [0.25, 0.3) is 10.1 Å². The van der Waals surface area contributed by atoms with Gasteiger partial charge in [-0.25, -0.2) is 0 Å². The van der Waals surface area contributed by atoms with Crippen LogP contribution in [-0.2, 0) is 6.42 Å². The molecule has 0 saturated heterocycles. The van der Waals surface area contributed by atoms with Crippen LogP contribution in [0, 0.1) is 5.92 Å². The first-order valence-corrected chi connectivity index (χ1v) is 6.89. The SMILES string of the molecule is CNC(Cc1csc2ccccc12)C1CC1. The minimum Gasteiger partial charge on any atom is -0.316 e. The van der Waals surface area contributed by atoms with Crippen molar-refractivity contribution in [3.8, 4) is 0 Å². The van der Waals surface area contributed by atoms with Crippen molar-refractivity contribution in [2.24, 2.45) is 5.92 Å². The summed E-state index contributed by atoms with van der Waals surface area (Å²) in [6.07, 6.45) is 4.01. The second-order valence-electron chi connectivity index (χ2n) is 4.69. The largest absolute Gasteiger partial charge is 0.316 e. The predicted molar refractivity (Wildman–Crippen MR) is 71.1 cm³/mol. The number of benzene rings is 1. The Labute approximate surface area is 100 Å². The van der Waals surface area contributed by atoms with Crippen molar-refractivity contribution in [2.75, 3.05) is 7.05 Å². The Kier molecular flexibility index (Phi) is 2.70. The first kappa shape index (κ1) is 10.3. The molecule has 1 aromatic carbocycles. The molecule has 1 aliphatic carbocycles. The Morgan fingerprint density at radius 3 is 2.94 bits per heavy atom. The van der Waals surface area contributed by atoms with E-state index in [-0.39, 0.29) is 0 Å². The van der Waals surface area contributed by atoms with E-state index >= 15 is 0 Å². The van der Waals surface area contributed by atoms with Crippen LogP contribution < -0.4 is 5.32 Å². The molecule has 2 aromatic rings. The quantitative estimate of drug-likeness (QED) is 0.850. The van der Waals surface area contributed by atoms with Crippen molar-refractivity contribution in [2.45, 2.75) is 25.3 Å². The van der Waals surface area contributed by atoms with E-state index in [1.807, 2.05) is 11.3 Å². The molecule has 1 nitrogen and oxygen atoms in total. The summed E-state index contributed by atoms with van der Waals surface area (Å²) >= 11 is 1.87. The van der Waals surface area contributed by atoms with Crippen LogP contribution >= 0.6 is 11.3 Å². The maximum Gasteiger partial charge on any atom is 0.0345 e. The fourth-order valence-electron chi connectivity index (χ4n) is 2.43. The van der Waals surface area contributed by atoms with Crippen molar-refractivity contribution in [1.29, 1.82) is 0 Å². The molecule has 1 saturated carbocycles. The lowest BCUT2D eigenvalue weighted by Gasteiger charge is -2.14. The maximum atomic E-state index is 3.47. The molecule has 1 heterocycles. The highest BCUT2D eigenvalue weighted by Crippen LogP contribution is 2.35. The average Bonchev–Trinajstić information content (AvgIpc) is 3.08. The van der Waals surface area contributed by atoms with E-state index in [1.165, 1.54) is 34.9 Å². The molecular weight excluding hydrogens is 214 g/mol. The topological polar surface area (TPSA) is 12.0 Å². The molecule has 16 heavy (non-hydrogen) atoms. The van der Waals surface area contributed by atoms with Crippen molar-refractivity contribution < 1.29 is 0 Å². The molecule has 0 amide bonds. The molecule has 1 atom stereocenters. The molecule has 1 fully saturated rings. The highest BCUT2D eigenvalue weighted by Gasteiger charge is 2.30. The lowest BCUT2D eigenvalue weighted by Crippen LogP contribution is -2.29. The van der Waals surface area contributed by atoms with Gasteiger partial charge in [0.2, 0.25) is 0 Å². The maximum absolute atomic E-state index is 3.47. The van der Waals surface area contributed by atoms with E-state index in [0.717, 1.165) is 5.92 Å². The Balaban J connectivity index is 1.87. The molecule has 2 heteroatoms. The van der Waals surface area contributed by atoms with E-state index in [9.17, 15) is 0 Å². The van der Waals surface area contributed by atoms with Crippen LogP contribution in [0.2, 0.25) is 0 Å². The molecule has 1 N–H and O–H groups in total. The second kappa shape index (κ2) is 4.19. The fraction of sp³-hybridized carbons (Fsp3) is 0.429. The summed E-state index contributed by atoms with van der Waals surface area (Å²) in [5, 5.41) is 7.25. The molecule has 0 spiro atoms. The highest BCUT2D eigenvalue weighted by molar-refractivity contribution is 7.17. The van der Waals surface area contributed by atoms with Crippen LogP contribution in [0.3, 0.4) is 0 Å². The van der Waals surface area contributed by atoms with Gasteiger partial charge in [-0.05, 0) is 54.6 Å². The van der Waals surface area contributed by atoms with Gasteiger partial charge in [-0.2, -0.15) is 0 Å². The lowest BCUT2D eigenvalue weighted by molar-refractivity contribution is 0.502. The number of hydrogen-bond acceptors (Lipinski definition) is 2. The zero-order chi connectivity index (χ0) is 11.0. The number of likely N-dealkylation sites (N-methyl/N-ethyl adjacent to an activating group) is 1. The number of hydrogen-bond donors (Lipinski definition) is 1. The van der Waals surface area contributed by atoms with E-state index in [0.29, 0.717) is 6.04 Å². The third-order valence-corrected chi connectivity index (χ3v) is 4.58. The van der Waals surface area contributed by atoms with Gasteiger partial charge in [-0.3, -0.25) is 0 Å². The fourth-order valence-corrected chi connectivity index (χ4v) is 3.41. The summed E-state index contributed by atoms with van der Waals surface area (Å²) in [7, 11) is 2.09. The highest BCUT2D eigenvalue weighted by atomic mass is 32.1. The van der Waals surface area contributed by atoms with Crippen LogP contribution in [-0.4, -0.2) is 13.1 Å². The molecule has 1 unspecified atom stereocenters. The zero-order valence-corrected chi connectivity index (χ0v) is 10.4. The molecule has 84 valence electrons. The summed E-state index contributed by atoms with van der Waals surface area (Å²) in [6, 6.07) is 9.41. The van der Waals surface area contributed by atoms with E-state index < -0.39 is 0 Å². The number of nitrogens with one attached hydrogen (secondary N) is 1. The molecule has 1 aliphatic rings. The smallest absolute Gasteiger partial charge is 0.0345 e. The van der Waals surface area contributed by atoms with Crippen LogP contribution in [0.4, 0.5) is 0 Å².